The number of aromatic nitrogens is 2. The van der Waals surface area contributed by atoms with Gasteiger partial charge in [-0.15, -0.1) is 0 Å². The summed E-state index contributed by atoms with van der Waals surface area (Å²) in [6.07, 6.45) is 0. The molecule has 1 heterocycles. The van der Waals surface area contributed by atoms with Crippen molar-refractivity contribution < 1.29 is 0 Å². The van der Waals surface area contributed by atoms with E-state index in [1.54, 1.807) is 4.68 Å². The molecule has 2 rings (SSSR count). The lowest BCUT2D eigenvalue weighted by Crippen LogP contribution is -2.22. The van der Waals surface area contributed by atoms with Crippen LogP contribution in [0.2, 0.25) is 0 Å². The van der Waals surface area contributed by atoms with Crippen LogP contribution in [0, 0.1) is 6.92 Å². The van der Waals surface area contributed by atoms with Crippen molar-refractivity contribution in [3.05, 3.63) is 51.9 Å². The Labute approximate surface area is 108 Å². The van der Waals surface area contributed by atoms with Gasteiger partial charge in [0, 0.05) is 23.7 Å². The third-order valence-electron chi connectivity index (χ3n) is 3.20. The van der Waals surface area contributed by atoms with Crippen molar-refractivity contribution in [2.24, 2.45) is 7.05 Å². The van der Waals surface area contributed by atoms with Crippen LogP contribution >= 0.6 is 0 Å². The zero-order chi connectivity index (χ0) is 13.5. The molecule has 0 aliphatic carbocycles. The number of hydrogen-bond donors (Lipinski definition) is 0. The SMILES string of the molecule is Cc1c(C(C)(C)C)n(C)n(-c2ccccc2)c1=O. The van der Waals surface area contributed by atoms with Crippen molar-refractivity contribution in [1.29, 1.82) is 0 Å². The molecule has 1 aromatic heterocycles. The summed E-state index contributed by atoms with van der Waals surface area (Å²) in [5, 5.41) is 0. The maximum atomic E-state index is 12.4. The highest BCUT2D eigenvalue weighted by atomic mass is 16.1. The van der Waals surface area contributed by atoms with Gasteiger partial charge in [-0.25, -0.2) is 4.68 Å². The third kappa shape index (κ3) is 1.90. The first kappa shape index (κ1) is 12.7. The highest BCUT2D eigenvalue weighted by Gasteiger charge is 2.25. The zero-order valence-electron chi connectivity index (χ0n) is 11.7. The Balaban J connectivity index is 2.77. The molecule has 18 heavy (non-hydrogen) atoms. The van der Waals surface area contributed by atoms with Crippen molar-refractivity contribution in [2.45, 2.75) is 33.1 Å². The van der Waals surface area contributed by atoms with Gasteiger partial charge in [0.1, 0.15) is 0 Å². The average Bonchev–Trinajstić information content (AvgIpc) is 2.50. The first-order valence-electron chi connectivity index (χ1n) is 6.18. The summed E-state index contributed by atoms with van der Waals surface area (Å²) >= 11 is 0. The Morgan fingerprint density at radius 3 is 2.06 bits per heavy atom. The topological polar surface area (TPSA) is 26.9 Å². The molecule has 1 aromatic carbocycles. The molecule has 0 spiro atoms. The quantitative estimate of drug-likeness (QED) is 0.757. The van der Waals surface area contributed by atoms with Crippen molar-refractivity contribution >= 4 is 0 Å². The van der Waals surface area contributed by atoms with E-state index < -0.39 is 0 Å². The van der Waals surface area contributed by atoms with E-state index in [2.05, 4.69) is 20.8 Å². The summed E-state index contributed by atoms with van der Waals surface area (Å²) in [5.74, 6) is 0. The van der Waals surface area contributed by atoms with Crippen LogP contribution in [0.3, 0.4) is 0 Å². The molecule has 96 valence electrons. The maximum Gasteiger partial charge on any atom is 0.274 e. The summed E-state index contributed by atoms with van der Waals surface area (Å²) in [4.78, 5) is 12.4. The Kier molecular flexibility index (Phi) is 2.93. The molecular formula is C15H20N2O. The molecule has 3 heteroatoms. The van der Waals surface area contributed by atoms with E-state index in [1.165, 1.54) is 0 Å². The Morgan fingerprint density at radius 2 is 1.61 bits per heavy atom. The van der Waals surface area contributed by atoms with E-state index >= 15 is 0 Å². The van der Waals surface area contributed by atoms with Gasteiger partial charge in [0.15, 0.2) is 0 Å². The van der Waals surface area contributed by atoms with Crippen LogP contribution in [0.15, 0.2) is 35.1 Å². The van der Waals surface area contributed by atoms with E-state index in [0.717, 1.165) is 16.9 Å². The molecule has 0 atom stereocenters. The number of rotatable bonds is 1. The van der Waals surface area contributed by atoms with Crippen LogP contribution in [0.25, 0.3) is 5.69 Å². The molecular weight excluding hydrogens is 224 g/mol. The molecule has 0 radical (unpaired) electrons. The summed E-state index contributed by atoms with van der Waals surface area (Å²) in [6.45, 7) is 8.29. The van der Waals surface area contributed by atoms with Gasteiger partial charge >= 0.3 is 0 Å². The van der Waals surface area contributed by atoms with Crippen LogP contribution in [0.1, 0.15) is 32.0 Å². The van der Waals surface area contributed by atoms with Crippen molar-refractivity contribution in [1.82, 2.24) is 9.36 Å². The molecule has 0 aliphatic heterocycles. The highest BCUT2D eigenvalue weighted by Crippen LogP contribution is 2.24. The van der Waals surface area contributed by atoms with Crippen LogP contribution in [-0.2, 0) is 12.5 Å². The van der Waals surface area contributed by atoms with Gasteiger partial charge in [-0.1, -0.05) is 39.0 Å². The molecule has 3 nitrogen and oxygen atoms in total. The first-order valence-corrected chi connectivity index (χ1v) is 6.18. The Morgan fingerprint density at radius 1 is 1.06 bits per heavy atom. The zero-order valence-corrected chi connectivity index (χ0v) is 11.7. The summed E-state index contributed by atoms with van der Waals surface area (Å²) in [6, 6.07) is 9.75. The second kappa shape index (κ2) is 4.16. The summed E-state index contributed by atoms with van der Waals surface area (Å²) in [5.41, 5.74) is 2.83. The fraction of sp³-hybridized carbons (Fsp3) is 0.400. The lowest BCUT2D eigenvalue weighted by molar-refractivity contribution is 0.498. The van der Waals surface area contributed by atoms with Gasteiger partial charge in [-0.3, -0.25) is 9.48 Å². The van der Waals surface area contributed by atoms with Gasteiger partial charge in [-0.2, -0.15) is 0 Å². The monoisotopic (exact) mass is 244 g/mol. The van der Waals surface area contributed by atoms with E-state index in [0.29, 0.717) is 0 Å². The number of hydrogen-bond acceptors (Lipinski definition) is 1. The Hall–Kier alpha value is -1.77. The van der Waals surface area contributed by atoms with Crippen molar-refractivity contribution in [3.63, 3.8) is 0 Å². The molecule has 0 unspecified atom stereocenters. The van der Waals surface area contributed by atoms with Gasteiger partial charge in [-0.05, 0) is 19.1 Å². The molecule has 2 aromatic rings. The minimum absolute atomic E-state index is 0.0436. The van der Waals surface area contributed by atoms with Crippen LogP contribution in [0.5, 0.6) is 0 Å². The number of nitrogens with zero attached hydrogens (tertiary/aromatic N) is 2. The van der Waals surface area contributed by atoms with Gasteiger partial charge in [0.05, 0.1) is 5.69 Å². The highest BCUT2D eigenvalue weighted by molar-refractivity contribution is 5.34. The van der Waals surface area contributed by atoms with E-state index in [4.69, 9.17) is 0 Å². The molecule has 0 saturated heterocycles. The molecule has 0 fully saturated rings. The summed E-state index contributed by atoms with van der Waals surface area (Å²) < 4.78 is 3.70. The molecule has 0 aliphatic rings. The normalized spacial score (nSPS) is 11.8. The smallest absolute Gasteiger partial charge is 0.274 e. The average molecular weight is 244 g/mol. The van der Waals surface area contributed by atoms with Gasteiger partial charge in [0.2, 0.25) is 0 Å². The van der Waals surface area contributed by atoms with E-state index in [1.807, 2.05) is 49.0 Å². The van der Waals surface area contributed by atoms with Crippen LogP contribution < -0.4 is 5.56 Å². The van der Waals surface area contributed by atoms with Gasteiger partial charge in [0.25, 0.3) is 5.56 Å². The lowest BCUT2D eigenvalue weighted by Gasteiger charge is -2.21. The Bertz CT molecular complexity index is 612. The maximum absolute atomic E-state index is 12.4. The van der Waals surface area contributed by atoms with E-state index in [9.17, 15) is 4.79 Å². The van der Waals surface area contributed by atoms with Crippen molar-refractivity contribution in [3.8, 4) is 5.69 Å². The van der Waals surface area contributed by atoms with E-state index in [-0.39, 0.29) is 11.0 Å². The third-order valence-corrected chi connectivity index (χ3v) is 3.20. The fourth-order valence-corrected chi connectivity index (χ4v) is 2.65. The predicted octanol–water partition coefficient (Wildman–Crippen LogP) is 2.78. The number of para-hydroxylation sites is 1. The van der Waals surface area contributed by atoms with Crippen LogP contribution in [0.4, 0.5) is 0 Å². The largest absolute Gasteiger partial charge is 0.284 e. The van der Waals surface area contributed by atoms with Crippen molar-refractivity contribution in [2.75, 3.05) is 0 Å². The molecule has 0 bridgehead atoms. The van der Waals surface area contributed by atoms with Crippen LogP contribution in [-0.4, -0.2) is 9.36 Å². The molecule has 0 saturated carbocycles. The molecule has 0 N–H and O–H groups in total. The second-order valence-corrected chi connectivity index (χ2v) is 5.70. The predicted molar refractivity (Wildman–Crippen MR) is 74.4 cm³/mol. The second-order valence-electron chi connectivity index (χ2n) is 5.70. The standard InChI is InChI=1S/C15H20N2O/c1-11-13(15(2,3)4)16(5)17(14(11)18)12-9-7-6-8-10-12/h6-10H,1-5H3. The number of benzene rings is 1. The first-order chi connectivity index (χ1) is 8.34. The molecule has 0 amide bonds. The van der Waals surface area contributed by atoms with Gasteiger partial charge < -0.3 is 0 Å². The minimum atomic E-state index is -0.0436. The minimum Gasteiger partial charge on any atom is -0.284 e. The fourth-order valence-electron chi connectivity index (χ4n) is 2.65. The summed E-state index contributed by atoms with van der Waals surface area (Å²) in [7, 11) is 1.95. The lowest BCUT2D eigenvalue weighted by atomic mass is 9.90.